The molecule has 0 unspecified atom stereocenters. The van der Waals surface area contributed by atoms with Crippen LogP contribution in [0.2, 0.25) is 0 Å². The minimum absolute atomic E-state index is 0.415. The zero-order valence-electron chi connectivity index (χ0n) is 12.9. The Balaban J connectivity index is 1.78. The van der Waals surface area contributed by atoms with Gasteiger partial charge in [0.05, 0.1) is 13.7 Å². The van der Waals surface area contributed by atoms with Crippen molar-refractivity contribution in [2.45, 2.75) is 11.8 Å². The van der Waals surface area contributed by atoms with Crippen LogP contribution in [0.3, 0.4) is 0 Å². The van der Waals surface area contributed by atoms with Crippen molar-refractivity contribution in [1.29, 1.82) is 0 Å². The first-order valence-corrected chi connectivity index (χ1v) is 8.06. The Labute approximate surface area is 135 Å². The summed E-state index contributed by atoms with van der Waals surface area (Å²) in [6.45, 7) is 2.75. The number of methoxy groups -OCH3 is 1. The SMILES string of the molecule is COc1cccc(NC(N)=NCCSc2ccc(C)cc2)c1. The van der Waals surface area contributed by atoms with Crippen LogP contribution in [0.5, 0.6) is 5.75 Å². The maximum Gasteiger partial charge on any atom is 0.193 e. The summed E-state index contributed by atoms with van der Waals surface area (Å²) in [6.07, 6.45) is 0. The molecule has 2 rings (SSSR count). The summed E-state index contributed by atoms with van der Waals surface area (Å²) >= 11 is 1.77. The molecule has 0 aliphatic rings. The number of aryl methyl sites for hydroxylation is 1. The Kier molecular flexibility index (Phi) is 6.15. The van der Waals surface area contributed by atoms with Crippen LogP contribution in [0.15, 0.2) is 58.4 Å². The van der Waals surface area contributed by atoms with Crippen molar-refractivity contribution in [2.24, 2.45) is 10.7 Å². The number of hydrogen-bond donors (Lipinski definition) is 2. The lowest BCUT2D eigenvalue weighted by Gasteiger charge is -2.07. The van der Waals surface area contributed by atoms with Crippen molar-refractivity contribution in [3.8, 4) is 5.75 Å². The number of nitrogens with zero attached hydrogens (tertiary/aromatic N) is 1. The van der Waals surface area contributed by atoms with Gasteiger partial charge in [0, 0.05) is 22.4 Å². The molecule has 5 heteroatoms. The zero-order chi connectivity index (χ0) is 15.8. The number of hydrogen-bond acceptors (Lipinski definition) is 3. The highest BCUT2D eigenvalue weighted by molar-refractivity contribution is 7.99. The van der Waals surface area contributed by atoms with Crippen LogP contribution in [0.1, 0.15) is 5.56 Å². The van der Waals surface area contributed by atoms with Crippen LogP contribution >= 0.6 is 11.8 Å². The van der Waals surface area contributed by atoms with E-state index in [4.69, 9.17) is 10.5 Å². The number of ether oxygens (including phenoxy) is 1. The summed E-state index contributed by atoms with van der Waals surface area (Å²) in [4.78, 5) is 5.58. The van der Waals surface area contributed by atoms with Gasteiger partial charge in [0.2, 0.25) is 0 Å². The molecule has 4 nitrogen and oxygen atoms in total. The molecular weight excluding hydrogens is 294 g/mol. The zero-order valence-corrected chi connectivity index (χ0v) is 13.7. The van der Waals surface area contributed by atoms with Crippen molar-refractivity contribution in [3.63, 3.8) is 0 Å². The van der Waals surface area contributed by atoms with E-state index < -0.39 is 0 Å². The second-order valence-electron chi connectivity index (χ2n) is 4.79. The standard InChI is InChI=1S/C17H21N3OS/c1-13-6-8-16(9-7-13)22-11-10-19-17(18)20-14-4-3-5-15(12-14)21-2/h3-9,12H,10-11H2,1-2H3,(H3,18,19,20). The van der Waals surface area contributed by atoms with E-state index in [9.17, 15) is 0 Å². The molecule has 0 aromatic heterocycles. The molecule has 22 heavy (non-hydrogen) atoms. The first-order chi connectivity index (χ1) is 10.7. The van der Waals surface area contributed by atoms with Crippen molar-refractivity contribution in [1.82, 2.24) is 0 Å². The topological polar surface area (TPSA) is 59.6 Å². The van der Waals surface area contributed by atoms with E-state index in [-0.39, 0.29) is 0 Å². The maximum absolute atomic E-state index is 5.89. The third-order valence-electron chi connectivity index (χ3n) is 3.01. The first-order valence-electron chi connectivity index (χ1n) is 7.08. The fourth-order valence-corrected chi connectivity index (χ4v) is 2.60. The molecule has 0 aliphatic carbocycles. The Morgan fingerprint density at radius 3 is 2.73 bits per heavy atom. The molecule has 0 spiro atoms. The van der Waals surface area contributed by atoms with Gasteiger partial charge < -0.3 is 15.8 Å². The normalized spacial score (nSPS) is 11.3. The third kappa shape index (κ3) is 5.33. The van der Waals surface area contributed by atoms with Crippen molar-refractivity contribution in [3.05, 3.63) is 54.1 Å². The van der Waals surface area contributed by atoms with E-state index in [0.717, 1.165) is 17.2 Å². The Hall–Kier alpha value is -2.14. The van der Waals surface area contributed by atoms with E-state index in [2.05, 4.69) is 41.5 Å². The molecule has 0 bridgehead atoms. The molecule has 3 N–H and O–H groups in total. The number of anilines is 1. The van der Waals surface area contributed by atoms with Crippen LogP contribution in [0.4, 0.5) is 5.69 Å². The summed E-state index contributed by atoms with van der Waals surface area (Å²) in [5.41, 5.74) is 8.03. The van der Waals surface area contributed by atoms with Crippen molar-refractivity contribution in [2.75, 3.05) is 24.7 Å². The Morgan fingerprint density at radius 2 is 2.00 bits per heavy atom. The predicted molar refractivity (Wildman–Crippen MR) is 95.0 cm³/mol. The third-order valence-corrected chi connectivity index (χ3v) is 4.00. The van der Waals surface area contributed by atoms with E-state index in [0.29, 0.717) is 12.5 Å². The lowest BCUT2D eigenvalue weighted by molar-refractivity contribution is 0.415. The number of rotatable bonds is 6. The highest BCUT2D eigenvalue weighted by atomic mass is 32.2. The minimum atomic E-state index is 0.415. The Bertz CT molecular complexity index is 626. The molecule has 0 amide bonds. The van der Waals surface area contributed by atoms with Crippen LogP contribution in [-0.4, -0.2) is 25.4 Å². The van der Waals surface area contributed by atoms with Gasteiger partial charge in [-0.1, -0.05) is 23.8 Å². The number of nitrogens with one attached hydrogen (secondary N) is 1. The van der Waals surface area contributed by atoms with Gasteiger partial charge in [0.15, 0.2) is 5.96 Å². The van der Waals surface area contributed by atoms with Gasteiger partial charge in [-0.25, -0.2) is 0 Å². The number of aliphatic imine (C=N–C) groups is 1. The second-order valence-corrected chi connectivity index (χ2v) is 5.95. The number of thioether (sulfide) groups is 1. The summed E-state index contributed by atoms with van der Waals surface area (Å²) in [5, 5.41) is 3.06. The molecule has 0 heterocycles. The average Bonchev–Trinajstić information content (AvgIpc) is 2.53. The van der Waals surface area contributed by atoms with Crippen LogP contribution in [0.25, 0.3) is 0 Å². The molecule has 2 aromatic carbocycles. The summed E-state index contributed by atoms with van der Waals surface area (Å²) in [6, 6.07) is 16.1. The second kappa shape index (κ2) is 8.34. The van der Waals surface area contributed by atoms with Gasteiger partial charge in [-0.05, 0) is 31.2 Å². The van der Waals surface area contributed by atoms with Gasteiger partial charge in [-0.2, -0.15) is 0 Å². The van der Waals surface area contributed by atoms with Crippen molar-refractivity contribution >= 4 is 23.4 Å². The summed E-state index contributed by atoms with van der Waals surface area (Å²) < 4.78 is 5.17. The predicted octanol–water partition coefficient (Wildman–Crippen LogP) is 3.52. The van der Waals surface area contributed by atoms with Crippen LogP contribution < -0.4 is 15.8 Å². The molecule has 0 saturated carbocycles. The highest BCUT2D eigenvalue weighted by Crippen LogP contribution is 2.18. The number of nitrogens with two attached hydrogens (primary N) is 1. The fourth-order valence-electron chi connectivity index (χ4n) is 1.85. The van der Waals surface area contributed by atoms with Gasteiger partial charge >= 0.3 is 0 Å². The molecule has 0 fully saturated rings. The average molecular weight is 315 g/mol. The molecule has 0 saturated heterocycles. The van der Waals surface area contributed by atoms with E-state index in [1.165, 1.54) is 10.5 Å². The summed E-state index contributed by atoms with van der Waals surface area (Å²) in [5.74, 6) is 2.09. The van der Waals surface area contributed by atoms with Gasteiger partial charge in [0.25, 0.3) is 0 Å². The van der Waals surface area contributed by atoms with Gasteiger partial charge in [-0.3, -0.25) is 4.99 Å². The molecule has 0 aliphatic heterocycles. The molecule has 116 valence electrons. The minimum Gasteiger partial charge on any atom is -0.497 e. The van der Waals surface area contributed by atoms with Crippen LogP contribution in [0, 0.1) is 6.92 Å². The first kappa shape index (κ1) is 16.2. The number of benzene rings is 2. The molecule has 2 aromatic rings. The summed E-state index contributed by atoms with van der Waals surface area (Å²) in [7, 11) is 1.64. The van der Waals surface area contributed by atoms with E-state index >= 15 is 0 Å². The smallest absolute Gasteiger partial charge is 0.193 e. The monoisotopic (exact) mass is 315 g/mol. The van der Waals surface area contributed by atoms with E-state index in [1.54, 1.807) is 18.9 Å². The fraction of sp³-hybridized carbons (Fsp3) is 0.235. The molecular formula is C17H21N3OS. The molecule has 0 radical (unpaired) electrons. The van der Waals surface area contributed by atoms with Gasteiger partial charge in [0.1, 0.15) is 5.75 Å². The van der Waals surface area contributed by atoms with Crippen molar-refractivity contribution < 1.29 is 4.74 Å². The highest BCUT2D eigenvalue weighted by Gasteiger charge is 1.98. The van der Waals surface area contributed by atoms with Gasteiger partial charge in [-0.15, -0.1) is 11.8 Å². The largest absolute Gasteiger partial charge is 0.497 e. The Morgan fingerprint density at radius 1 is 1.23 bits per heavy atom. The quantitative estimate of drug-likeness (QED) is 0.370. The van der Waals surface area contributed by atoms with E-state index in [1.807, 2.05) is 24.3 Å². The molecule has 0 atom stereocenters. The number of guanidine groups is 1. The van der Waals surface area contributed by atoms with Crippen LogP contribution in [-0.2, 0) is 0 Å². The maximum atomic E-state index is 5.89. The lowest BCUT2D eigenvalue weighted by atomic mass is 10.2. The lowest BCUT2D eigenvalue weighted by Crippen LogP contribution is -2.23.